The first kappa shape index (κ1) is 28.4. The number of thiazole rings is 1. The average molecular weight is 638 g/mol. The van der Waals surface area contributed by atoms with Crippen LogP contribution in [0.3, 0.4) is 0 Å². The number of carbonyl (C=O) groups is 1. The number of benzene rings is 2. The van der Waals surface area contributed by atoms with E-state index in [0.717, 1.165) is 54.0 Å². The zero-order valence-corrected chi connectivity index (χ0v) is 25.1. The highest BCUT2D eigenvalue weighted by Crippen LogP contribution is 2.33. The maximum Gasteiger partial charge on any atom is 0.243 e. The van der Waals surface area contributed by atoms with Crippen LogP contribution in [0.15, 0.2) is 51.8 Å². The number of hydrogen-bond donors (Lipinski definition) is 0. The van der Waals surface area contributed by atoms with Crippen molar-refractivity contribution in [1.82, 2.24) is 14.2 Å². The number of sulfonamides is 1. The maximum absolute atomic E-state index is 13.9. The van der Waals surface area contributed by atoms with Crippen molar-refractivity contribution < 1.29 is 22.7 Å². The first-order valence-electron chi connectivity index (χ1n) is 13.2. The van der Waals surface area contributed by atoms with Crippen LogP contribution in [-0.4, -0.2) is 88.1 Å². The topological polar surface area (TPSA) is 92.3 Å². The van der Waals surface area contributed by atoms with Crippen LogP contribution in [-0.2, 0) is 19.6 Å². The molecule has 2 saturated heterocycles. The highest BCUT2D eigenvalue weighted by atomic mass is 79.9. The van der Waals surface area contributed by atoms with Crippen LogP contribution >= 0.6 is 27.3 Å². The first-order valence-corrected chi connectivity index (χ1v) is 16.2. The van der Waals surface area contributed by atoms with Crippen molar-refractivity contribution >= 4 is 58.5 Å². The van der Waals surface area contributed by atoms with Gasteiger partial charge in [0.2, 0.25) is 15.9 Å². The Bertz CT molecular complexity index is 1380. The van der Waals surface area contributed by atoms with Gasteiger partial charge in [-0.1, -0.05) is 27.3 Å². The van der Waals surface area contributed by atoms with Crippen molar-refractivity contribution in [2.24, 2.45) is 5.92 Å². The molecule has 2 aromatic carbocycles. The van der Waals surface area contributed by atoms with Crippen molar-refractivity contribution in [2.75, 3.05) is 64.5 Å². The van der Waals surface area contributed by atoms with Gasteiger partial charge in [-0.05, 0) is 61.7 Å². The summed E-state index contributed by atoms with van der Waals surface area (Å²) in [7, 11) is -2.09. The number of methoxy groups -OCH3 is 1. The molecular weight excluding hydrogens is 604 g/mol. The van der Waals surface area contributed by atoms with Gasteiger partial charge >= 0.3 is 0 Å². The maximum atomic E-state index is 13.9. The number of carbonyl (C=O) groups excluding carboxylic acids is 1. The van der Waals surface area contributed by atoms with Gasteiger partial charge in [-0.15, -0.1) is 0 Å². The number of hydrogen-bond acceptors (Lipinski definition) is 8. The molecule has 0 radical (unpaired) electrons. The Labute approximate surface area is 241 Å². The second-order valence-electron chi connectivity index (χ2n) is 9.76. The molecule has 0 aliphatic carbocycles. The summed E-state index contributed by atoms with van der Waals surface area (Å²) in [5, 5.41) is 0.698. The molecule has 39 heavy (non-hydrogen) atoms. The van der Waals surface area contributed by atoms with Crippen LogP contribution in [0.4, 0.5) is 5.13 Å². The van der Waals surface area contributed by atoms with Crippen LogP contribution in [0.2, 0.25) is 0 Å². The lowest BCUT2D eigenvalue weighted by molar-refractivity contribution is -0.123. The largest absolute Gasteiger partial charge is 0.497 e. The second-order valence-corrected chi connectivity index (χ2v) is 13.6. The minimum absolute atomic E-state index is 0.0246. The van der Waals surface area contributed by atoms with E-state index < -0.39 is 10.0 Å². The van der Waals surface area contributed by atoms with E-state index in [1.54, 1.807) is 31.4 Å². The lowest BCUT2D eigenvalue weighted by atomic mass is 9.96. The molecule has 2 aliphatic heterocycles. The van der Waals surface area contributed by atoms with Gasteiger partial charge in [0.05, 0.1) is 35.4 Å². The lowest BCUT2D eigenvalue weighted by Gasteiger charge is -2.33. The molecule has 210 valence electrons. The third kappa shape index (κ3) is 6.63. The van der Waals surface area contributed by atoms with Crippen LogP contribution in [0.5, 0.6) is 5.75 Å². The molecular formula is C27H33BrN4O5S2. The van der Waals surface area contributed by atoms with Gasteiger partial charge in [-0.25, -0.2) is 13.4 Å². The fourth-order valence-corrected chi connectivity index (χ4v) is 8.06. The van der Waals surface area contributed by atoms with E-state index >= 15 is 0 Å². The Morgan fingerprint density at radius 2 is 1.85 bits per heavy atom. The van der Waals surface area contributed by atoms with E-state index in [-0.39, 0.29) is 16.7 Å². The van der Waals surface area contributed by atoms with E-state index in [2.05, 4.69) is 20.8 Å². The molecule has 1 aromatic heterocycles. The highest BCUT2D eigenvalue weighted by molar-refractivity contribution is 9.10. The quantitative estimate of drug-likeness (QED) is 0.347. The Kier molecular flexibility index (Phi) is 9.20. The molecule has 1 amide bonds. The van der Waals surface area contributed by atoms with Crippen molar-refractivity contribution in [3.05, 3.63) is 46.9 Å². The van der Waals surface area contributed by atoms with Gasteiger partial charge in [-0.2, -0.15) is 4.31 Å². The first-order chi connectivity index (χ1) is 18.8. The number of ether oxygens (including phenoxy) is 2. The number of amides is 1. The van der Waals surface area contributed by atoms with Crippen LogP contribution in [0.1, 0.15) is 19.3 Å². The third-order valence-corrected chi connectivity index (χ3v) is 10.7. The molecule has 9 nitrogen and oxygen atoms in total. The summed E-state index contributed by atoms with van der Waals surface area (Å²) in [6.07, 6.45) is 1.78. The van der Waals surface area contributed by atoms with Crippen LogP contribution < -0.4 is 9.64 Å². The second kappa shape index (κ2) is 12.6. The number of anilines is 1. The fourth-order valence-electron chi connectivity index (χ4n) is 5.04. The standard InChI is InChI=1S/C27H33BrN4O5S2/c1-36-22-4-6-23(7-5-22)39(34,35)31-13-9-20(10-14-31)26(33)32(12-2-11-30-15-17-37-18-16-30)27-29-24-8-3-21(28)19-25(24)38-27/h3-8,19-20H,2,9-18H2,1H3. The summed E-state index contributed by atoms with van der Waals surface area (Å²) in [6, 6.07) is 12.4. The summed E-state index contributed by atoms with van der Waals surface area (Å²) in [4.78, 5) is 23.1. The normalized spacial score (nSPS) is 17.9. The summed E-state index contributed by atoms with van der Waals surface area (Å²) >= 11 is 5.04. The Morgan fingerprint density at radius 3 is 2.54 bits per heavy atom. The lowest BCUT2D eigenvalue weighted by Crippen LogP contribution is -2.45. The Balaban J connectivity index is 1.28. The molecule has 0 N–H and O–H groups in total. The molecule has 3 heterocycles. The Hall–Kier alpha value is -2.09. The smallest absolute Gasteiger partial charge is 0.243 e. The Morgan fingerprint density at radius 1 is 1.13 bits per heavy atom. The predicted molar refractivity (Wildman–Crippen MR) is 156 cm³/mol. The molecule has 0 saturated carbocycles. The number of halogens is 1. The van der Waals surface area contributed by atoms with Gasteiger partial charge in [0.1, 0.15) is 5.75 Å². The predicted octanol–water partition coefficient (Wildman–Crippen LogP) is 4.22. The number of aromatic nitrogens is 1. The van der Waals surface area contributed by atoms with Gasteiger partial charge in [0.15, 0.2) is 5.13 Å². The van der Waals surface area contributed by atoms with E-state index in [1.165, 1.54) is 15.6 Å². The van der Waals surface area contributed by atoms with Crippen molar-refractivity contribution in [3.8, 4) is 5.75 Å². The monoisotopic (exact) mass is 636 g/mol. The third-order valence-electron chi connectivity index (χ3n) is 7.30. The SMILES string of the molecule is COc1ccc(S(=O)(=O)N2CCC(C(=O)N(CCCN3CCOCC3)c3nc4ccc(Br)cc4s3)CC2)cc1. The zero-order chi connectivity index (χ0) is 27.4. The molecule has 0 bridgehead atoms. The van der Waals surface area contributed by atoms with E-state index in [1.807, 2.05) is 23.1 Å². The zero-order valence-electron chi connectivity index (χ0n) is 21.9. The number of rotatable bonds is 9. The van der Waals surface area contributed by atoms with Gasteiger partial charge in [0, 0.05) is 49.7 Å². The number of morpholine rings is 1. The minimum atomic E-state index is -3.63. The van der Waals surface area contributed by atoms with E-state index in [9.17, 15) is 13.2 Å². The molecule has 2 aliphatic rings. The van der Waals surface area contributed by atoms with Gasteiger partial charge in [0.25, 0.3) is 0 Å². The fraction of sp³-hybridized carbons (Fsp3) is 0.481. The van der Waals surface area contributed by atoms with Gasteiger partial charge < -0.3 is 9.47 Å². The van der Waals surface area contributed by atoms with Crippen LogP contribution in [0.25, 0.3) is 10.2 Å². The summed E-state index contributed by atoms with van der Waals surface area (Å²) in [6.45, 7) is 5.37. The summed E-state index contributed by atoms with van der Waals surface area (Å²) in [5.41, 5.74) is 0.865. The number of fused-ring (bicyclic) bond motifs is 1. The minimum Gasteiger partial charge on any atom is -0.497 e. The summed E-state index contributed by atoms with van der Waals surface area (Å²) < 4.78 is 40.5. The summed E-state index contributed by atoms with van der Waals surface area (Å²) in [5.74, 6) is 0.375. The van der Waals surface area contributed by atoms with Gasteiger partial charge in [-0.3, -0.25) is 14.6 Å². The molecule has 12 heteroatoms. The molecule has 5 rings (SSSR count). The van der Waals surface area contributed by atoms with E-state index in [4.69, 9.17) is 14.5 Å². The average Bonchev–Trinajstić information content (AvgIpc) is 3.38. The molecule has 0 atom stereocenters. The van der Waals surface area contributed by atoms with Crippen LogP contribution in [0, 0.1) is 5.92 Å². The van der Waals surface area contributed by atoms with Crippen molar-refractivity contribution in [3.63, 3.8) is 0 Å². The van der Waals surface area contributed by atoms with Crippen molar-refractivity contribution in [2.45, 2.75) is 24.2 Å². The molecule has 0 spiro atoms. The van der Waals surface area contributed by atoms with E-state index in [0.29, 0.717) is 43.4 Å². The van der Waals surface area contributed by atoms with Crippen molar-refractivity contribution in [1.29, 1.82) is 0 Å². The number of nitrogens with zero attached hydrogens (tertiary/aromatic N) is 4. The molecule has 2 fully saturated rings. The molecule has 3 aromatic rings. The molecule has 0 unspecified atom stereocenters. The number of piperidine rings is 1. The highest BCUT2D eigenvalue weighted by Gasteiger charge is 2.35.